The monoisotopic (exact) mass is 202 g/mol. The number of hydrogen-bond acceptors (Lipinski definition) is 1. The molecule has 0 atom stereocenters. The number of allylic oxidation sites excluding steroid dienone is 6. The van der Waals surface area contributed by atoms with Crippen molar-refractivity contribution in [3.63, 3.8) is 0 Å². The first-order valence-corrected chi connectivity index (χ1v) is 5.82. The van der Waals surface area contributed by atoms with Crippen molar-refractivity contribution < 1.29 is 4.74 Å². The Morgan fingerprint density at radius 2 is 1.40 bits per heavy atom. The molecule has 0 spiro atoms. The second-order valence-electron chi connectivity index (χ2n) is 4.11. The van der Waals surface area contributed by atoms with Crippen LogP contribution in [0.1, 0.15) is 38.5 Å². The maximum Gasteiger partial charge on any atom is 0.0933 e. The fraction of sp³-hybridized carbons (Fsp3) is 0.429. The molecule has 80 valence electrons. The maximum atomic E-state index is 5.49. The zero-order chi connectivity index (χ0) is 10.3. The average molecular weight is 202 g/mol. The van der Waals surface area contributed by atoms with Gasteiger partial charge in [-0.15, -0.1) is 0 Å². The quantitative estimate of drug-likeness (QED) is 0.608. The van der Waals surface area contributed by atoms with Crippen molar-refractivity contribution >= 4 is 0 Å². The molecule has 1 nitrogen and oxygen atoms in total. The van der Waals surface area contributed by atoms with Gasteiger partial charge in [-0.3, -0.25) is 0 Å². The smallest absolute Gasteiger partial charge is 0.0933 e. The SMILES string of the molecule is C1=CC(=COC=C2C=CCCC2)CCC1. The van der Waals surface area contributed by atoms with Gasteiger partial charge >= 0.3 is 0 Å². The molecule has 0 saturated carbocycles. The molecule has 2 rings (SSSR count). The van der Waals surface area contributed by atoms with Gasteiger partial charge in [0.2, 0.25) is 0 Å². The lowest BCUT2D eigenvalue weighted by molar-refractivity contribution is 0.391. The van der Waals surface area contributed by atoms with E-state index in [0.29, 0.717) is 0 Å². The van der Waals surface area contributed by atoms with Crippen LogP contribution in [-0.2, 0) is 4.74 Å². The minimum absolute atomic E-state index is 1.15. The Bertz CT molecular complexity index is 286. The zero-order valence-electron chi connectivity index (χ0n) is 9.11. The Kier molecular flexibility index (Phi) is 3.84. The normalized spacial score (nSPS) is 26.1. The minimum Gasteiger partial charge on any atom is -0.472 e. The molecule has 0 bridgehead atoms. The van der Waals surface area contributed by atoms with Crippen LogP contribution in [0.2, 0.25) is 0 Å². The Morgan fingerprint density at radius 1 is 0.867 bits per heavy atom. The van der Waals surface area contributed by atoms with Crippen LogP contribution >= 0.6 is 0 Å². The highest BCUT2D eigenvalue weighted by molar-refractivity contribution is 5.22. The maximum absolute atomic E-state index is 5.49. The standard InChI is InChI=1S/C14H18O/c1-3-7-13(8-4-1)11-15-12-14-9-5-2-6-10-14/h3,5,7,9,11-12H,1-2,4,6,8,10H2. The second kappa shape index (κ2) is 5.59. The fourth-order valence-electron chi connectivity index (χ4n) is 1.89. The highest BCUT2D eigenvalue weighted by Crippen LogP contribution is 2.18. The summed E-state index contributed by atoms with van der Waals surface area (Å²) in [6.45, 7) is 0. The van der Waals surface area contributed by atoms with Crippen LogP contribution in [0.5, 0.6) is 0 Å². The van der Waals surface area contributed by atoms with Crippen molar-refractivity contribution in [1.82, 2.24) is 0 Å². The van der Waals surface area contributed by atoms with Gasteiger partial charge in [-0.25, -0.2) is 0 Å². The highest BCUT2D eigenvalue weighted by atomic mass is 16.5. The number of ether oxygens (including phenoxy) is 1. The van der Waals surface area contributed by atoms with E-state index in [4.69, 9.17) is 4.74 Å². The third-order valence-corrected chi connectivity index (χ3v) is 2.78. The van der Waals surface area contributed by atoms with Gasteiger partial charge in [-0.05, 0) is 49.7 Å². The van der Waals surface area contributed by atoms with Gasteiger partial charge in [0, 0.05) is 0 Å². The van der Waals surface area contributed by atoms with Crippen LogP contribution in [-0.4, -0.2) is 0 Å². The van der Waals surface area contributed by atoms with E-state index in [1.54, 1.807) is 0 Å². The van der Waals surface area contributed by atoms with Gasteiger partial charge < -0.3 is 4.74 Å². The summed E-state index contributed by atoms with van der Waals surface area (Å²) < 4.78 is 5.49. The van der Waals surface area contributed by atoms with E-state index in [9.17, 15) is 0 Å². The molecule has 0 fully saturated rings. The van der Waals surface area contributed by atoms with Crippen LogP contribution < -0.4 is 0 Å². The van der Waals surface area contributed by atoms with E-state index in [2.05, 4.69) is 24.3 Å². The minimum atomic E-state index is 1.15. The van der Waals surface area contributed by atoms with Crippen molar-refractivity contribution in [3.05, 3.63) is 48.0 Å². The summed E-state index contributed by atoms with van der Waals surface area (Å²) in [6.07, 6.45) is 19.7. The molecule has 0 N–H and O–H groups in total. The zero-order valence-corrected chi connectivity index (χ0v) is 9.11. The van der Waals surface area contributed by atoms with Crippen LogP contribution in [0.4, 0.5) is 0 Å². The molecule has 2 aliphatic rings. The summed E-state index contributed by atoms with van der Waals surface area (Å²) in [5.41, 5.74) is 2.61. The predicted molar refractivity (Wildman–Crippen MR) is 63.2 cm³/mol. The van der Waals surface area contributed by atoms with E-state index < -0.39 is 0 Å². The highest BCUT2D eigenvalue weighted by Gasteiger charge is 2.00. The molecule has 0 aromatic carbocycles. The van der Waals surface area contributed by atoms with Gasteiger partial charge in [0.1, 0.15) is 0 Å². The van der Waals surface area contributed by atoms with Gasteiger partial charge in [-0.1, -0.05) is 24.3 Å². The fourth-order valence-corrected chi connectivity index (χ4v) is 1.89. The molecule has 15 heavy (non-hydrogen) atoms. The van der Waals surface area contributed by atoms with Gasteiger partial charge in [-0.2, -0.15) is 0 Å². The lowest BCUT2D eigenvalue weighted by Crippen LogP contribution is -1.89. The lowest BCUT2D eigenvalue weighted by atomic mass is 10.0. The van der Waals surface area contributed by atoms with Gasteiger partial charge in [0.05, 0.1) is 12.5 Å². The summed E-state index contributed by atoms with van der Waals surface area (Å²) in [6, 6.07) is 0. The molecule has 0 aromatic rings. The summed E-state index contributed by atoms with van der Waals surface area (Å²) in [5.74, 6) is 0. The molecule has 1 heteroatoms. The third kappa shape index (κ3) is 3.43. The largest absolute Gasteiger partial charge is 0.472 e. The van der Waals surface area contributed by atoms with E-state index >= 15 is 0 Å². The number of rotatable bonds is 2. The summed E-state index contributed by atoms with van der Waals surface area (Å²) in [7, 11) is 0. The Balaban J connectivity index is 1.87. The first-order valence-electron chi connectivity index (χ1n) is 5.82. The van der Waals surface area contributed by atoms with E-state index in [1.165, 1.54) is 36.8 Å². The first kappa shape index (κ1) is 10.3. The molecule has 0 unspecified atom stereocenters. The van der Waals surface area contributed by atoms with Crippen LogP contribution in [0, 0.1) is 0 Å². The predicted octanol–water partition coefficient (Wildman–Crippen LogP) is 4.25. The van der Waals surface area contributed by atoms with Gasteiger partial charge in [0.15, 0.2) is 0 Å². The molecule has 0 aliphatic heterocycles. The van der Waals surface area contributed by atoms with Crippen LogP contribution in [0.3, 0.4) is 0 Å². The average Bonchev–Trinajstić information content (AvgIpc) is 2.32. The Labute approximate surface area is 91.8 Å². The van der Waals surface area contributed by atoms with Crippen LogP contribution in [0.25, 0.3) is 0 Å². The summed E-state index contributed by atoms with van der Waals surface area (Å²) in [4.78, 5) is 0. The second-order valence-corrected chi connectivity index (χ2v) is 4.11. The molecular formula is C14H18O. The van der Waals surface area contributed by atoms with Crippen molar-refractivity contribution in [1.29, 1.82) is 0 Å². The molecule has 0 saturated heterocycles. The van der Waals surface area contributed by atoms with Gasteiger partial charge in [0.25, 0.3) is 0 Å². The molecular weight excluding hydrogens is 184 g/mol. The molecule has 0 amide bonds. The molecule has 0 aromatic heterocycles. The van der Waals surface area contributed by atoms with E-state index in [0.717, 1.165) is 12.8 Å². The Morgan fingerprint density at radius 3 is 1.80 bits per heavy atom. The van der Waals surface area contributed by atoms with Crippen molar-refractivity contribution in [2.45, 2.75) is 38.5 Å². The van der Waals surface area contributed by atoms with E-state index in [1.807, 2.05) is 12.5 Å². The molecule has 0 radical (unpaired) electrons. The van der Waals surface area contributed by atoms with Crippen molar-refractivity contribution in [3.8, 4) is 0 Å². The van der Waals surface area contributed by atoms with Crippen molar-refractivity contribution in [2.75, 3.05) is 0 Å². The molecule has 2 aliphatic carbocycles. The Hall–Kier alpha value is -1.24. The van der Waals surface area contributed by atoms with Crippen molar-refractivity contribution in [2.24, 2.45) is 0 Å². The summed E-state index contributed by atoms with van der Waals surface area (Å²) in [5, 5.41) is 0. The molecule has 0 heterocycles. The van der Waals surface area contributed by atoms with Crippen LogP contribution in [0.15, 0.2) is 48.0 Å². The summed E-state index contributed by atoms with van der Waals surface area (Å²) >= 11 is 0. The topological polar surface area (TPSA) is 9.23 Å². The first-order chi connectivity index (χ1) is 7.45. The number of hydrogen-bond donors (Lipinski definition) is 0. The van der Waals surface area contributed by atoms with E-state index in [-0.39, 0.29) is 0 Å². The third-order valence-electron chi connectivity index (χ3n) is 2.78. The lowest BCUT2D eigenvalue weighted by Gasteiger charge is -2.08.